The number of likely N-dealkylation sites (N-methyl/N-ethyl adjacent to an activating group) is 1. The largest absolute Gasteiger partial charge is 0.322 e. The van der Waals surface area contributed by atoms with E-state index in [2.05, 4.69) is 4.90 Å². The Morgan fingerprint density at radius 1 is 1.70 bits per heavy atom. The van der Waals surface area contributed by atoms with Gasteiger partial charge in [-0.1, -0.05) is 0 Å². The monoisotopic (exact) mass is 146 g/mol. The van der Waals surface area contributed by atoms with Gasteiger partial charge in [0.15, 0.2) is 0 Å². The predicted molar refractivity (Wildman–Crippen MR) is 39.6 cm³/mol. The fourth-order valence-electron chi connectivity index (χ4n) is 1.42. The molecule has 0 bridgehead atoms. The molecular formula is C7H15FN2. The zero-order chi connectivity index (χ0) is 7.78. The zero-order valence-corrected chi connectivity index (χ0v) is 6.60. The minimum Gasteiger partial charge on any atom is -0.322 e. The number of hydrogen-bond donors (Lipinski definition) is 1. The van der Waals surface area contributed by atoms with Crippen LogP contribution < -0.4 is 5.73 Å². The second-order valence-corrected chi connectivity index (χ2v) is 3.50. The van der Waals surface area contributed by atoms with Crippen LogP contribution in [0.25, 0.3) is 0 Å². The van der Waals surface area contributed by atoms with E-state index in [0.29, 0.717) is 13.0 Å². The Labute approximate surface area is 61.2 Å². The first-order valence-corrected chi connectivity index (χ1v) is 3.64. The number of nitrogens with two attached hydrogens (primary N) is 1. The predicted octanol–water partition coefficient (Wildman–Crippen LogP) is 0.377. The summed E-state index contributed by atoms with van der Waals surface area (Å²) in [5, 5.41) is 0. The van der Waals surface area contributed by atoms with Crippen molar-refractivity contribution < 1.29 is 4.39 Å². The number of piperidine rings is 1. The minimum atomic E-state index is -0.830. The van der Waals surface area contributed by atoms with Gasteiger partial charge in [0.05, 0.1) is 5.54 Å². The smallest absolute Gasteiger partial charge is 0.120 e. The molecular weight excluding hydrogens is 131 g/mol. The van der Waals surface area contributed by atoms with Crippen LogP contribution >= 0.6 is 0 Å². The zero-order valence-electron chi connectivity index (χ0n) is 6.60. The van der Waals surface area contributed by atoms with Crippen LogP contribution in [-0.2, 0) is 0 Å². The quantitative estimate of drug-likeness (QED) is 0.535. The SMILES string of the molecule is CN1CCC(F)C(C)(N)C1. The molecule has 1 aliphatic heterocycles. The lowest BCUT2D eigenvalue weighted by molar-refractivity contribution is 0.0898. The average molecular weight is 146 g/mol. The Morgan fingerprint density at radius 2 is 2.30 bits per heavy atom. The molecule has 0 radical (unpaired) electrons. The lowest BCUT2D eigenvalue weighted by Crippen LogP contribution is -2.58. The first kappa shape index (κ1) is 7.95. The maximum absolute atomic E-state index is 13.0. The van der Waals surface area contributed by atoms with Crippen molar-refractivity contribution in [2.45, 2.75) is 25.1 Å². The number of hydrogen-bond acceptors (Lipinski definition) is 2. The second kappa shape index (κ2) is 2.47. The number of likely N-dealkylation sites (tertiary alicyclic amines) is 1. The van der Waals surface area contributed by atoms with Crippen molar-refractivity contribution >= 4 is 0 Å². The van der Waals surface area contributed by atoms with Crippen LogP contribution in [0.3, 0.4) is 0 Å². The number of alkyl halides is 1. The van der Waals surface area contributed by atoms with Crippen molar-refractivity contribution in [2.24, 2.45) is 5.73 Å². The molecule has 0 spiro atoms. The van der Waals surface area contributed by atoms with Gasteiger partial charge in [0.25, 0.3) is 0 Å². The molecule has 10 heavy (non-hydrogen) atoms. The molecule has 2 unspecified atom stereocenters. The Hall–Kier alpha value is -0.150. The van der Waals surface area contributed by atoms with Gasteiger partial charge in [-0.05, 0) is 20.4 Å². The second-order valence-electron chi connectivity index (χ2n) is 3.50. The van der Waals surface area contributed by atoms with Crippen LogP contribution in [0.5, 0.6) is 0 Å². The molecule has 2 atom stereocenters. The van der Waals surface area contributed by atoms with E-state index in [-0.39, 0.29) is 0 Å². The fourth-order valence-corrected chi connectivity index (χ4v) is 1.42. The summed E-state index contributed by atoms with van der Waals surface area (Å²) >= 11 is 0. The van der Waals surface area contributed by atoms with Gasteiger partial charge in [-0.15, -0.1) is 0 Å². The molecule has 2 N–H and O–H groups in total. The van der Waals surface area contributed by atoms with E-state index in [1.165, 1.54) is 0 Å². The molecule has 0 aromatic rings. The van der Waals surface area contributed by atoms with Crippen molar-refractivity contribution in [3.8, 4) is 0 Å². The number of halogens is 1. The summed E-state index contributed by atoms with van der Waals surface area (Å²) in [5.74, 6) is 0. The molecule has 0 aromatic heterocycles. The van der Waals surface area contributed by atoms with Gasteiger partial charge < -0.3 is 10.6 Å². The van der Waals surface area contributed by atoms with Crippen LogP contribution in [0, 0.1) is 0 Å². The van der Waals surface area contributed by atoms with Gasteiger partial charge in [-0.3, -0.25) is 0 Å². The molecule has 1 saturated heterocycles. The van der Waals surface area contributed by atoms with Crippen LogP contribution in [0.4, 0.5) is 4.39 Å². The summed E-state index contributed by atoms with van der Waals surface area (Å²) in [6.07, 6.45) is -0.257. The summed E-state index contributed by atoms with van der Waals surface area (Å²) in [4.78, 5) is 2.07. The highest BCUT2D eigenvalue weighted by Crippen LogP contribution is 2.20. The first-order valence-electron chi connectivity index (χ1n) is 3.64. The molecule has 1 fully saturated rings. The van der Waals surface area contributed by atoms with Crippen molar-refractivity contribution in [3.05, 3.63) is 0 Å². The third-order valence-corrected chi connectivity index (χ3v) is 2.09. The molecule has 0 aromatic carbocycles. The van der Waals surface area contributed by atoms with Crippen molar-refractivity contribution in [1.29, 1.82) is 0 Å². The highest BCUT2D eigenvalue weighted by atomic mass is 19.1. The van der Waals surface area contributed by atoms with E-state index in [9.17, 15) is 4.39 Å². The van der Waals surface area contributed by atoms with E-state index in [1.807, 2.05) is 7.05 Å². The third-order valence-electron chi connectivity index (χ3n) is 2.09. The molecule has 1 aliphatic rings. The molecule has 0 aliphatic carbocycles. The molecule has 60 valence electrons. The summed E-state index contributed by atoms with van der Waals surface area (Å²) in [7, 11) is 1.97. The molecule has 0 amide bonds. The number of nitrogens with zero attached hydrogens (tertiary/aromatic N) is 1. The van der Waals surface area contributed by atoms with Crippen molar-refractivity contribution in [1.82, 2.24) is 4.90 Å². The summed E-state index contributed by atoms with van der Waals surface area (Å²) in [5.41, 5.74) is 5.06. The van der Waals surface area contributed by atoms with Crippen molar-refractivity contribution in [2.75, 3.05) is 20.1 Å². The third kappa shape index (κ3) is 1.47. The summed E-state index contributed by atoms with van der Waals surface area (Å²) in [6, 6.07) is 0. The fraction of sp³-hybridized carbons (Fsp3) is 1.00. The Morgan fingerprint density at radius 3 is 2.70 bits per heavy atom. The molecule has 2 nitrogen and oxygen atoms in total. The Bertz CT molecular complexity index is 125. The van der Waals surface area contributed by atoms with Gasteiger partial charge in [0.2, 0.25) is 0 Å². The average Bonchev–Trinajstić information content (AvgIpc) is 1.78. The normalized spacial score (nSPS) is 43.8. The Kier molecular flexibility index (Phi) is 1.97. The highest BCUT2D eigenvalue weighted by molar-refractivity contribution is 4.93. The van der Waals surface area contributed by atoms with Crippen LogP contribution in [-0.4, -0.2) is 36.7 Å². The van der Waals surface area contributed by atoms with E-state index in [0.717, 1.165) is 6.54 Å². The maximum atomic E-state index is 13.0. The lowest BCUT2D eigenvalue weighted by atomic mass is 9.91. The summed E-state index contributed by atoms with van der Waals surface area (Å²) in [6.45, 7) is 3.26. The molecule has 3 heteroatoms. The standard InChI is InChI=1S/C7H15FN2/c1-7(9)5-10(2)4-3-6(7)8/h6H,3-5,9H2,1-2H3. The van der Waals surface area contributed by atoms with Crippen LogP contribution in [0.15, 0.2) is 0 Å². The van der Waals surface area contributed by atoms with Gasteiger partial charge in [0.1, 0.15) is 6.17 Å². The lowest BCUT2D eigenvalue weighted by Gasteiger charge is -2.38. The molecule has 1 rings (SSSR count). The van der Waals surface area contributed by atoms with Gasteiger partial charge in [-0.25, -0.2) is 4.39 Å². The Balaban J connectivity index is 2.55. The van der Waals surface area contributed by atoms with Gasteiger partial charge >= 0.3 is 0 Å². The van der Waals surface area contributed by atoms with E-state index in [4.69, 9.17) is 5.73 Å². The van der Waals surface area contributed by atoms with Crippen molar-refractivity contribution in [3.63, 3.8) is 0 Å². The maximum Gasteiger partial charge on any atom is 0.120 e. The van der Waals surface area contributed by atoms with Gasteiger partial charge in [0, 0.05) is 13.1 Å². The van der Waals surface area contributed by atoms with E-state index < -0.39 is 11.7 Å². The topological polar surface area (TPSA) is 29.3 Å². The highest BCUT2D eigenvalue weighted by Gasteiger charge is 2.34. The van der Waals surface area contributed by atoms with E-state index in [1.54, 1.807) is 6.92 Å². The van der Waals surface area contributed by atoms with E-state index >= 15 is 0 Å². The summed E-state index contributed by atoms with van der Waals surface area (Å²) < 4.78 is 13.0. The van der Waals surface area contributed by atoms with Gasteiger partial charge in [-0.2, -0.15) is 0 Å². The molecule has 0 saturated carbocycles. The van der Waals surface area contributed by atoms with Crippen LogP contribution in [0.1, 0.15) is 13.3 Å². The number of rotatable bonds is 0. The van der Waals surface area contributed by atoms with Crippen LogP contribution in [0.2, 0.25) is 0 Å². The first-order chi connectivity index (χ1) is 4.52. The minimum absolute atomic E-state index is 0.573. The molecule has 1 heterocycles.